The minimum atomic E-state index is 0.351. The first-order valence-electron chi connectivity index (χ1n) is 6.86. The third kappa shape index (κ3) is 3.63. The third-order valence-electron chi connectivity index (χ3n) is 3.58. The number of halogens is 1. The smallest absolute Gasteiger partial charge is 0.165 e. The Kier molecular flexibility index (Phi) is 5.11. The fourth-order valence-electron chi connectivity index (χ4n) is 2.20. The summed E-state index contributed by atoms with van der Waals surface area (Å²) in [7, 11) is 1.69. The van der Waals surface area contributed by atoms with Gasteiger partial charge < -0.3 is 15.2 Å². The van der Waals surface area contributed by atoms with E-state index in [9.17, 15) is 0 Å². The Labute approximate surface area is 123 Å². The molecule has 0 radical (unpaired) electrons. The van der Waals surface area contributed by atoms with Gasteiger partial charge in [0.05, 0.1) is 13.7 Å². The lowest BCUT2D eigenvalue weighted by Crippen LogP contribution is -2.09. The van der Waals surface area contributed by atoms with E-state index in [1.807, 2.05) is 12.1 Å². The molecular weight excluding hydrogens is 306 g/mol. The average Bonchev–Trinajstić information content (AvgIpc) is 3.20. The zero-order valence-corrected chi connectivity index (χ0v) is 13.2. The highest BCUT2D eigenvalue weighted by atomic mass is 79.9. The molecule has 1 saturated carbocycles. The van der Waals surface area contributed by atoms with Gasteiger partial charge in [-0.2, -0.15) is 0 Å². The molecule has 0 spiro atoms. The van der Waals surface area contributed by atoms with E-state index in [0.717, 1.165) is 34.9 Å². The predicted molar refractivity (Wildman–Crippen MR) is 81.0 cm³/mol. The molecule has 1 aromatic rings. The van der Waals surface area contributed by atoms with Crippen molar-refractivity contribution >= 4 is 15.9 Å². The topological polar surface area (TPSA) is 44.5 Å². The van der Waals surface area contributed by atoms with Crippen molar-refractivity contribution in [2.45, 2.75) is 32.1 Å². The standard InChI is InChI=1S/C15H22BrNO2/c1-10(7-8-17)14-12(16)5-6-13(18-2)15(14)19-9-11-3-4-11/h5-6,10-11H,3-4,7-9,17H2,1-2H3. The van der Waals surface area contributed by atoms with Crippen LogP contribution in [0.1, 0.15) is 37.7 Å². The lowest BCUT2D eigenvalue weighted by atomic mass is 9.96. The third-order valence-corrected chi connectivity index (χ3v) is 4.27. The first-order chi connectivity index (χ1) is 9.17. The maximum Gasteiger partial charge on any atom is 0.165 e. The summed E-state index contributed by atoms with van der Waals surface area (Å²) >= 11 is 3.63. The highest BCUT2D eigenvalue weighted by Crippen LogP contribution is 2.42. The van der Waals surface area contributed by atoms with Gasteiger partial charge in [-0.05, 0) is 49.8 Å². The van der Waals surface area contributed by atoms with Crippen LogP contribution in [-0.4, -0.2) is 20.3 Å². The Morgan fingerprint density at radius 1 is 1.42 bits per heavy atom. The maximum absolute atomic E-state index is 6.04. The van der Waals surface area contributed by atoms with Crippen molar-refractivity contribution in [3.05, 3.63) is 22.2 Å². The fraction of sp³-hybridized carbons (Fsp3) is 0.600. The molecule has 2 N–H and O–H groups in total. The van der Waals surface area contributed by atoms with E-state index in [1.165, 1.54) is 18.4 Å². The molecule has 2 rings (SSSR count). The van der Waals surface area contributed by atoms with Crippen LogP contribution in [0, 0.1) is 5.92 Å². The number of methoxy groups -OCH3 is 1. The molecular formula is C15H22BrNO2. The summed E-state index contributed by atoms with van der Waals surface area (Å²) in [5.41, 5.74) is 6.85. The predicted octanol–water partition coefficient (Wildman–Crippen LogP) is 3.70. The second-order valence-electron chi connectivity index (χ2n) is 5.23. The van der Waals surface area contributed by atoms with Crippen LogP contribution in [0.2, 0.25) is 0 Å². The summed E-state index contributed by atoms with van der Waals surface area (Å²) in [6.45, 7) is 3.64. The van der Waals surface area contributed by atoms with Crippen LogP contribution in [0.25, 0.3) is 0 Å². The quantitative estimate of drug-likeness (QED) is 0.830. The van der Waals surface area contributed by atoms with Crippen LogP contribution < -0.4 is 15.2 Å². The van der Waals surface area contributed by atoms with Crippen LogP contribution in [0.5, 0.6) is 11.5 Å². The zero-order valence-electron chi connectivity index (χ0n) is 11.6. The number of ether oxygens (including phenoxy) is 2. The van der Waals surface area contributed by atoms with Crippen molar-refractivity contribution in [3.63, 3.8) is 0 Å². The monoisotopic (exact) mass is 327 g/mol. The number of benzene rings is 1. The van der Waals surface area contributed by atoms with Crippen molar-refractivity contribution in [2.24, 2.45) is 11.7 Å². The van der Waals surface area contributed by atoms with Crippen LogP contribution in [0.4, 0.5) is 0 Å². The fourth-order valence-corrected chi connectivity index (χ4v) is 2.91. The largest absolute Gasteiger partial charge is 0.493 e. The molecule has 3 nitrogen and oxygen atoms in total. The molecule has 106 valence electrons. The van der Waals surface area contributed by atoms with Gasteiger partial charge >= 0.3 is 0 Å². The van der Waals surface area contributed by atoms with Crippen molar-refractivity contribution in [1.82, 2.24) is 0 Å². The van der Waals surface area contributed by atoms with E-state index in [0.29, 0.717) is 12.5 Å². The van der Waals surface area contributed by atoms with Gasteiger partial charge in [0.15, 0.2) is 11.5 Å². The van der Waals surface area contributed by atoms with E-state index in [4.69, 9.17) is 15.2 Å². The Morgan fingerprint density at radius 3 is 2.74 bits per heavy atom. The molecule has 1 aliphatic rings. The molecule has 1 atom stereocenters. The molecule has 1 fully saturated rings. The van der Waals surface area contributed by atoms with Crippen molar-refractivity contribution in [3.8, 4) is 11.5 Å². The Hall–Kier alpha value is -0.740. The zero-order chi connectivity index (χ0) is 13.8. The van der Waals surface area contributed by atoms with Gasteiger partial charge in [0.1, 0.15) is 0 Å². The molecule has 19 heavy (non-hydrogen) atoms. The van der Waals surface area contributed by atoms with Crippen LogP contribution in [-0.2, 0) is 0 Å². The van der Waals surface area contributed by atoms with E-state index in [1.54, 1.807) is 7.11 Å². The molecule has 4 heteroatoms. The van der Waals surface area contributed by atoms with Crippen molar-refractivity contribution < 1.29 is 9.47 Å². The molecule has 1 aromatic carbocycles. The van der Waals surface area contributed by atoms with Gasteiger partial charge in [-0.1, -0.05) is 22.9 Å². The summed E-state index contributed by atoms with van der Waals surface area (Å²) in [5, 5.41) is 0. The summed E-state index contributed by atoms with van der Waals surface area (Å²) in [6.07, 6.45) is 3.50. The minimum absolute atomic E-state index is 0.351. The van der Waals surface area contributed by atoms with E-state index < -0.39 is 0 Å². The molecule has 0 aliphatic heterocycles. The molecule has 1 unspecified atom stereocenters. The second-order valence-corrected chi connectivity index (χ2v) is 6.08. The van der Waals surface area contributed by atoms with Crippen molar-refractivity contribution in [1.29, 1.82) is 0 Å². The van der Waals surface area contributed by atoms with Crippen LogP contribution in [0.15, 0.2) is 16.6 Å². The lowest BCUT2D eigenvalue weighted by Gasteiger charge is -2.20. The minimum Gasteiger partial charge on any atom is -0.493 e. The second kappa shape index (κ2) is 6.62. The number of hydrogen-bond acceptors (Lipinski definition) is 3. The van der Waals surface area contributed by atoms with Crippen LogP contribution >= 0.6 is 15.9 Å². The summed E-state index contributed by atoms with van der Waals surface area (Å²) in [5.74, 6) is 2.76. The van der Waals surface area contributed by atoms with E-state index in [2.05, 4.69) is 22.9 Å². The van der Waals surface area contributed by atoms with E-state index >= 15 is 0 Å². The normalized spacial score (nSPS) is 16.2. The maximum atomic E-state index is 6.04. The van der Waals surface area contributed by atoms with Gasteiger partial charge in [-0.15, -0.1) is 0 Å². The first kappa shape index (κ1) is 14.7. The highest BCUT2D eigenvalue weighted by molar-refractivity contribution is 9.10. The summed E-state index contributed by atoms with van der Waals surface area (Å²) in [6, 6.07) is 3.97. The van der Waals surface area contributed by atoms with Gasteiger partial charge in [0.2, 0.25) is 0 Å². The molecule has 0 bridgehead atoms. The van der Waals surface area contributed by atoms with Gasteiger partial charge in [-0.25, -0.2) is 0 Å². The highest BCUT2D eigenvalue weighted by Gasteiger charge is 2.25. The first-order valence-corrected chi connectivity index (χ1v) is 7.66. The summed E-state index contributed by atoms with van der Waals surface area (Å²) < 4.78 is 12.5. The summed E-state index contributed by atoms with van der Waals surface area (Å²) in [4.78, 5) is 0. The van der Waals surface area contributed by atoms with Gasteiger partial charge in [0, 0.05) is 10.0 Å². The van der Waals surface area contributed by atoms with Gasteiger partial charge in [0.25, 0.3) is 0 Å². The molecule has 1 aliphatic carbocycles. The molecule has 0 aromatic heterocycles. The molecule has 0 saturated heterocycles. The van der Waals surface area contributed by atoms with Gasteiger partial charge in [-0.3, -0.25) is 0 Å². The molecule has 0 heterocycles. The molecule has 0 amide bonds. The number of hydrogen-bond donors (Lipinski definition) is 1. The SMILES string of the molecule is COc1ccc(Br)c(C(C)CCN)c1OCC1CC1. The van der Waals surface area contributed by atoms with E-state index in [-0.39, 0.29) is 0 Å². The lowest BCUT2D eigenvalue weighted by molar-refractivity contribution is 0.275. The Morgan fingerprint density at radius 2 is 2.16 bits per heavy atom. The Balaban J connectivity index is 2.29. The number of rotatable bonds is 7. The van der Waals surface area contributed by atoms with Crippen LogP contribution in [0.3, 0.4) is 0 Å². The van der Waals surface area contributed by atoms with Crippen molar-refractivity contribution in [2.75, 3.05) is 20.3 Å². The average molecular weight is 328 g/mol. The number of nitrogens with two attached hydrogens (primary N) is 1. The Bertz CT molecular complexity index is 432.